The highest BCUT2D eigenvalue weighted by Crippen LogP contribution is 2.25. The number of benzene rings is 2. The second-order valence-corrected chi connectivity index (χ2v) is 8.46. The van der Waals surface area contributed by atoms with Gasteiger partial charge in [0.05, 0.1) is 4.92 Å². The third kappa shape index (κ3) is 6.66. The van der Waals surface area contributed by atoms with Crippen molar-refractivity contribution in [2.75, 3.05) is 10.6 Å². The van der Waals surface area contributed by atoms with Crippen LogP contribution in [0.3, 0.4) is 0 Å². The number of hydrogen-bond donors (Lipinski definition) is 4. The summed E-state index contributed by atoms with van der Waals surface area (Å²) in [7, 11) is 0. The average molecular weight is 474 g/mol. The zero-order valence-corrected chi connectivity index (χ0v) is 18.8. The molecule has 1 aliphatic rings. The van der Waals surface area contributed by atoms with Gasteiger partial charge in [-0.2, -0.15) is 0 Å². The molecule has 0 heterocycles. The number of carbonyl (C=O) groups is 3. The second kappa shape index (κ2) is 10.3. The van der Waals surface area contributed by atoms with Crippen LogP contribution in [-0.2, 0) is 4.79 Å². The number of anilines is 2. The fourth-order valence-corrected chi connectivity index (χ4v) is 3.18. The molecule has 0 radical (unpaired) electrons. The van der Waals surface area contributed by atoms with E-state index < -0.39 is 28.5 Å². The van der Waals surface area contributed by atoms with Gasteiger partial charge >= 0.3 is 6.03 Å². The normalized spacial score (nSPS) is 13.7. The lowest BCUT2D eigenvalue weighted by molar-refractivity contribution is -0.384. The van der Waals surface area contributed by atoms with Crippen LogP contribution in [0.15, 0.2) is 42.5 Å². The minimum Gasteiger partial charge on any atom is -0.340 e. The highest BCUT2D eigenvalue weighted by atomic mass is 35.5. The monoisotopic (exact) mass is 473 g/mol. The van der Waals surface area contributed by atoms with Gasteiger partial charge in [-0.3, -0.25) is 19.7 Å². The Morgan fingerprint density at radius 1 is 1.03 bits per heavy atom. The topological polar surface area (TPSA) is 142 Å². The predicted octanol–water partition coefficient (Wildman–Crippen LogP) is 3.93. The number of rotatable bonds is 8. The van der Waals surface area contributed by atoms with Gasteiger partial charge in [0, 0.05) is 29.0 Å². The maximum atomic E-state index is 12.8. The molecule has 2 aromatic rings. The van der Waals surface area contributed by atoms with Gasteiger partial charge in [0.25, 0.3) is 11.6 Å². The number of urea groups is 1. The summed E-state index contributed by atoms with van der Waals surface area (Å²) in [6.07, 6.45) is 1.97. The Kier molecular flexibility index (Phi) is 7.49. The Morgan fingerprint density at radius 2 is 1.64 bits per heavy atom. The van der Waals surface area contributed by atoms with Crippen LogP contribution in [-0.4, -0.2) is 34.9 Å². The molecular weight excluding hydrogens is 450 g/mol. The summed E-state index contributed by atoms with van der Waals surface area (Å²) in [6, 6.07) is 9.32. The van der Waals surface area contributed by atoms with Gasteiger partial charge in [0.2, 0.25) is 5.91 Å². The van der Waals surface area contributed by atoms with E-state index in [1.54, 1.807) is 38.1 Å². The summed E-state index contributed by atoms with van der Waals surface area (Å²) in [5.41, 5.74) is 0.679. The summed E-state index contributed by atoms with van der Waals surface area (Å²) >= 11 is 5.79. The molecule has 1 fully saturated rings. The summed E-state index contributed by atoms with van der Waals surface area (Å²) in [5.74, 6) is -1.35. The van der Waals surface area contributed by atoms with Gasteiger partial charge in [0.15, 0.2) is 0 Å². The summed E-state index contributed by atoms with van der Waals surface area (Å²) in [6.45, 7) is 3.53. The van der Waals surface area contributed by atoms with E-state index in [2.05, 4.69) is 21.3 Å². The van der Waals surface area contributed by atoms with E-state index in [9.17, 15) is 24.5 Å². The Bertz CT molecular complexity index is 1070. The number of nitrogens with zero attached hydrogens (tertiary/aromatic N) is 1. The molecule has 4 amide bonds. The van der Waals surface area contributed by atoms with E-state index in [1.165, 1.54) is 12.1 Å². The Morgan fingerprint density at radius 3 is 2.18 bits per heavy atom. The van der Waals surface area contributed by atoms with Crippen molar-refractivity contribution < 1.29 is 19.3 Å². The van der Waals surface area contributed by atoms with Crippen molar-refractivity contribution in [2.24, 2.45) is 5.92 Å². The zero-order chi connectivity index (χ0) is 24.1. The van der Waals surface area contributed by atoms with Crippen LogP contribution < -0.4 is 21.3 Å². The van der Waals surface area contributed by atoms with Gasteiger partial charge in [-0.05, 0) is 55.2 Å². The summed E-state index contributed by atoms with van der Waals surface area (Å²) in [4.78, 5) is 47.6. The van der Waals surface area contributed by atoms with Crippen molar-refractivity contribution in [3.05, 3.63) is 63.2 Å². The van der Waals surface area contributed by atoms with E-state index in [1.807, 2.05) is 0 Å². The SMILES string of the molecule is CC(C)C(NC(=O)c1ccc(Cl)c([N+](=O)[O-])c1)C(=O)Nc1ccc(NC(=O)NC2CC2)cc1. The molecule has 0 aromatic heterocycles. The highest BCUT2D eigenvalue weighted by Gasteiger charge is 2.26. The Hall–Kier alpha value is -3.66. The van der Waals surface area contributed by atoms with Gasteiger partial charge in [0.1, 0.15) is 11.1 Å². The molecule has 33 heavy (non-hydrogen) atoms. The number of hydrogen-bond acceptors (Lipinski definition) is 5. The van der Waals surface area contributed by atoms with Crippen molar-refractivity contribution in [3.8, 4) is 0 Å². The van der Waals surface area contributed by atoms with Crippen LogP contribution in [0.2, 0.25) is 5.02 Å². The van der Waals surface area contributed by atoms with Crippen LogP contribution in [0.5, 0.6) is 0 Å². The lowest BCUT2D eigenvalue weighted by Gasteiger charge is -2.22. The third-order valence-electron chi connectivity index (χ3n) is 4.96. The maximum Gasteiger partial charge on any atom is 0.319 e. The lowest BCUT2D eigenvalue weighted by atomic mass is 10.0. The molecule has 11 heteroatoms. The molecule has 0 aliphatic heterocycles. The number of halogens is 1. The minimum absolute atomic E-state index is 0.0180. The van der Waals surface area contributed by atoms with Crippen molar-refractivity contribution in [1.29, 1.82) is 0 Å². The predicted molar refractivity (Wildman–Crippen MR) is 124 cm³/mol. The highest BCUT2D eigenvalue weighted by molar-refractivity contribution is 6.32. The molecular formula is C22H24ClN5O5. The molecule has 10 nitrogen and oxygen atoms in total. The van der Waals surface area contributed by atoms with Crippen LogP contribution >= 0.6 is 11.6 Å². The molecule has 3 rings (SSSR count). The Balaban J connectivity index is 1.62. The molecule has 1 unspecified atom stereocenters. The molecule has 1 atom stereocenters. The first kappa shape index (κ1) is 24.0. The van der Waals surface area contributed by atoms with E-state index in [0.717, 1.165) is 18.9 Å². The first-order valence-electron chi connectivity index (χ1n) is 10.4. The van der Waals surface area contributed by atoms with Crippen LogP contribution in [0.25, 0.3) is 0 Å². The molecule has 1 saturated carbocycles. The summed E-state index contributed by atoms with van der Waals surface area (Å²) < 4.78 is 0. The van der Waals surface area contributed by atoms with E-state index >= 15 is 0 Å². The van der Waals surface area contributed by atoms with Crippen molar-refractivity contribution in [2.45, 2.75) is 38.8 Å². The van der Waals surface area contributed by atoms with E-state index in [0.29, 0.717) is 11.4 Å². The molecule has 0 bridgehead atoms. The largest absolute Gasteiger partial charge is 0.340 e. The number of nitro benzene ring substituents is 1. The molecule has 0 spiro atoms. The van der Waals surface area contributed by atoms with E-state index in [4.69, 9.17) is 11.6 Å². The van der Waals surface area contributed by atoms with Gasteiger partial charge in [-0.25, -0.2) is 4.79 Å². The van der Waals surface area contributed by atoms with Crippen LogP contribution in [0.1, 0.15) is 37.0 Å². The van der Waals surface area contributed by atoms with Crippen LogP contribution in [0, 0.1) is 16.0 Å². The standard InChI is InChI=1S/C22H24ClN5O5/c1-12(2)19(27-20(29)13-3-10-17(23)18(11-13)28(32)33)21(30)24-14-4-6-15(7-5-14)25-22(31)26-16-8-9-16/h3-7,10-12,16,19H,8-9H2,1-2H3,(H,24,30)(H,27,29)(H2,25,26,31). The van der Waals surface area contributed by atoms with Crippen molar-refractivity contribution in [1.82, 2.24) is 10.6 Å². The first-order chi connectivity index (χ1) is 15.6. The lowest BCUT2D eigenvalue weighted by Crippen LogP contribution is -2.47. The molecule has 2 aromatic carbocycles. The maximum absolute atomic E-state index is 12.8. The number of amides is 4. The molecule has 4 N–H and O–H groups in total. The number of nitrogens with one attached hydrogen (secondary N) is 4. The van der Waals surface area contributed by atoms with Gasteiger partial charge in [-0.1, -0.05) is 25.4 Å². The Labute approximate surface area is 195 Å². The van der Waals surface area contributed by atoms with Crippen molar-refractivity contribution in [3.63, 3.8) is 0 Å². The third-order valence-corrected chi connectivity index (χ3v) is 5.28. The fourth-order valence-electron chi connectivity index (χ4n) is 2.99. The van der Waals surface area contributed by atoms with Gasteiger partial charge < -0.3 is 21.3 Å². The quantitative estimate of drug-likeness (QED) is 0.339. The molecule has 1 aliphatic carbocycles. The molecule has 174 valence electrons. The van der Waals surface area contributed by atoms with Gasteiger partial charge in [-0.15, -0.1) is 0 Å². The minimum atomic E-state index is -0.894. The smallest absolute Gasteiger partial charge is 0.319 e. The zero-order valence-electron chi connectivity index (χ0n) is 18.1. The molecule has 0 saturated heterocycles. The van der Waals surface area contributed by atoms with Crippen molar-refractivity contribution >= 4 is 46.5 Å². The fraction of sp³-hybridized carbons (Fsp3) is 0.318. The first-order valence-corrected chi connectivity index (χ1v) is 10.7. The average Bonchev–Trinajstić information content (AvgIpc) is 3.56. The summed E-state index contributed by atoms with van der Waals surface area (Å²) in [5, 5.41) is 21.9. The second-order valence-electron chi connectivity index (χ2n) is 8.06. The van der Waals surface area contributed by atoms with Crippen LogP contribution in [0.4, 0.5) is 21.9 Å². The van der Waals surface area contributed by atoms with E-state index in [-0.39, 0.29) is 28.6 Å². The number of carbonyl (C=O) groups excluding carboxylic acids is 3. The number of nitro groups is 1.